The molecule has 0 spiro atoms. The summed E-state index contributed by atoms with van der Waals surface area (Å²) in [6.07, 6.45) is 15.5. The second-order valence-electron chi connectivity index (χ2n) is 11.2. The Morgan fingerprint density at radius 2 is 1.68 bits per heavy atom. The van der Waals surface area contributed by atoms with Gasteiger partial charge in [0.25, 0.3) is 0 Å². The molecule has 2 heterocycles. The Hall–Kier alpha value is -3.23. The predicted molar refractivity (Wildman–Crippen MR) is 149 cm³/mol. The quantitative estimate of drug-likeness (QED) is 0.260. The van der Waals surface area contributed by atoms with Gasteiger partial charge in [-0.15, -0.1) is 0 Å². The number of furan rings is 1. The van der Waals surface area contributed by atoms with E-state index in [0.717, 1.165) is 30.4 Å². The molecule has 34 heavy (non-hydrogen) atoms. The summed E-state index contributed by atoms with van der Waals surface area (Å²) in [6.45, 7) is 0. The summed E-state index contributed by atoms with van der Waals surface area (Å²) in [5.41, 5.74) is 10.7. The number of benzene rings is 4. The zero-order chi connectivity index (χ0) is 23.1. The molecule has 0 N–H and O–H groups in total. The van der Waals surface area contributed by atoms with Crippen LogP contribution in [-0.4, -0.2) is 18.8 Å². The smallest absolute Gasteiger partial charge is 0.135 e. The third-order valence-corrected chi connectivity index (χ3v) is 12.2. The fourth-order valence-corrected chi connectivity index (χ4v) is 10.6. The van der Waals surface area contributed by atoms with Crippen molar-refractivity contribution in [2.24, 2.45) is 0 Å². The molecule has 0 radical (unpaired) electrons. The lowest BCUT2D eigenvalue weighted by Crippen LogP contribution is -2.14. The van der Waals surface area contributed by atoms with Gasteiger partial charge in [-0.2, -0.15) is 0 Å². The minimum atomic E-state index is -2.22. The van der Waals surface area contributed by atoms with Crippen molar-refractivity contribution in [2.45, 2.75) is 29.1 Å². The summed E-state index contributed by atoms with van der Waals surface area (Å²) in [5, 5.41) is 2.39. The number of allylic oxidation sites excluding steroid dienone is 1. The van der Waals surface area contributed by atoms with Crippen molar-refractivity contribution in [1.29, 1.82) is 0 Å². The van der Waals surface area contributed by atoms with E-state index in [1.54, 1.807) is 15.4 Å². The van der Waals surface area contributed by atoms with Crippen LogP contribution in [0, 0.1) is 0 Å². The maximum absolute atomic E-state index is 6.19. The zero-order valence-electron chi connectivity index (χ0n) is 20.1. The maximum atomic E-state index is 6.19. The second kappa shape index (κ2) is 6.67. The predicted octanol–water partition coefficient (Wildman–Crippen LogP) is 8.50. The van der Waals surface area contributed by atoms with E-state index in [0.29, 0.717) is 0 Å². The van der Waals surface area contributed by atoms with E-state index in [-0.39, 0.29) is 0 Å². The fourth-order valence-electron chi connectivity index (χ4n) is 6.52. The van der Waals surface area contributed by atoms with Gasteiger partial charge in [0.15, 0.2) is 0 Å². The number of hydrogen-bond donors (Lipinski definition) is 1. The Balaban J connectivity index is 1.40. The summed E-state index contributed by atoms with van der Waals surface area (Å²) in [4.78, 5) is 3.23. The van der Waals surface area contributed by atoms with E-state index < -0.39 is 9.16 Å². The molecule has 1 aromatic heterocycles. The highest BCUT2D eigenvalue weighted by Gasteiger charge is 2.43. The van der Waals surface area contributed by atoms with Crippen LogP contribution in [0.15, 0.2) is 93.1 Å². The summed E-state index contributed by atoms with van der Waals surface area (Å²) in [5.74, 6) is 0. The third-order valence-electron chi connectivity index (χ3n) is 8.04. The number of fused-ring (bicyclic) bond motifs is 8. The van der Waals surface area contributed by atoms with Gasteiger partial charge in [-0.25, -0.2) is 9.16 Å². The molecule has 5 aromatic rings. The van der Waals surface area contributed by atoms with Crippen LogP contribution in [0.1, 0.15) is 28.7 Å². The van der Waals surface area contributed by atoms with Crippen molar-refractivity contribution in [3.63, 3.8) is 0 Å². The average Bonchev–Trinajstić information content (AvgIpc) is 3.29. The van der Waals surface area contributed by atoms with E-state index in [1.807, 2.05) is 6.07 Å². The molecule has 170 valence electrons. The average molecular weight is 463 g/mol. The van der Waals surface area contributed by atoms with Crippen molar-refractivity contribution in [2.75, 3.05) is 18.8 Å². The van der Waals surface area contributed by atoms with Crippen LogP contribution in [0.5, 0.6) is 0 Å². The highest BCUT2D eigenvalue weighted by atomic mass is 32.3. The van der Waals surface area contributed by atoms with Crippen LogP contribution in [0.25, 0.3) is 39.1 Å². The zero-order valence-corrected chi connectivity index (χ0v) is 21.0. The molecular formula is C32H30OS. The fraction of sp³-hybridized carbons (Fsp3) is 0.188. The first kappa shape index (κ1) is 20.2. The molecule has 1 nitrogen and oxygen atoms in total. The Morgan fingerprint density at radius 3 is 2.59 bits per heavy atom. The standard InChI is InChI=1S/C32H30OS/c1-34(2,3)30-14-8-10-23(31(30)27-18-16-22-9-4-5-11-24(22)32(27)34)19-21-15-17-26-25-12-6-7-13-28(25)33-29(26)20-21/h4,6-10,12-18,20,34H,5,11,19H2,1-3H3. The normalized spacial score (nSPS) is 18.3. The molecule has 1 aliphatic carbocycles. The Morgan fingerprint density at radius 1 is 0.824 bits per heavy atom. The third kappa shape index (κ3) is 2.69. The number of rotatable bonds is 2. The molecule has 0 atom stereocenters. The largest absolute Gasteiger partial charge is 0.456 e. The minimum Gasteiger partial charge on any atom is -0.456 e. The van der Waals surface area contributed by atoms with Gasteiger partial charge in [-0.3, -0.25) is 0 Å². The molecule has 4 aromatic carbocycles. The summed E-state index contributed by atoms with van der Waals surface area (Å²) < 4.78 is 6.19. The monoisotopic (exact) mass is 462 g/mol. The minimum absolute atomic E-state index is 0.916. The van der Waals surface area contributed by atoms with E-state index in [2.05, 4.69) is 97.6 Å². The van der Waals surface area contributed by atoms with Crippen molar-refractivity contribution in [3.05, 3.63) is 101 Å². The first-order chi connectivity index (χ1) is 16.4. The molecule has 0 amide bonds. The molecule has 2 aliphatic rings. The highest BCUT2D eigenvalue weighted by Crippen LogP contribution is 2.81. The van der Waals surface area contributed by atoms with Gasteiger partial charge in [0.05, 0.1) is 0 Å². The van der Waals surface area contributed by atoms with E-state index in [4.69, 9.17) is 4.42 Å². The molecule has 0 bridgehead atoms. The topological polar surface area (TPSA) is 13.1 Å². The van der Waals surface area contributed by atoms with Crippen molar-refractivity contribution < 1.29 is 4.42 Å². The number of hydrogen-bond acceptors (Lipinski definition) is 1. The van der Waals surface area contributed by atoms with Crippen LogP contribution in [0.3, 0.4) is 0 Å². The lowest BCUT2D eigenvalue weighted by atomic mass is 9.90. The van der Waals surface area contributed by atoms with Crippen LogP contribution in [-0.2, 0) is 12.8 Å². The van der Waals surface area contributed by atoms with Crippen LogP contribution in [0.2, 0.25) is 0 Å². The molecule has 0 unspecified atom stereocenters. The van der Waals surface area contributed by atoms with E-state index >= 15 is 0 Å². The van der Waals surface area contributed by atoms with Crippen LogP contribution >= 0.6 is 9.16 Å². The van der Waals surface area contributed by atoms with Crippen molar-refractivity contribution in [1.82, 2.24) is 0 Å². The van der Waals surface area contributed by atoms with Crippen molar-refractivity contribution >= 4 is 37.2 Å². The summed E-state index contributed by atoms with van der Waals surface area (Å²) in [6, 6.07) is 26.8. The first-order valence-corrected chi connectivity index (χ1v) is 15.8. The second-order valence-corrected chi connectivity index (χ2v) is 17.7. The Kier molecular flexibility index (Phi) is 3.96. The maximum Gasteiger partial charge on any atom is 0.135 e. The van der Waals surface area contributed by atoms with Gasteiger partial charge >= 0.3 is 0 Å². The SMILES string of the molecule is C[SH]1(C)(C)c2cccc(Cc3ccc4c(c3)oc3ccccc34)c2-c2ccc3c(c21)CCC=C3. The van der Waals surface area contributed by atoms with Gasteiger partial charge in [0, 0.05) is 10.8 Å². The number of thiol groups is 1. The Labute approximate surface area is 201 Å². The molecule has 7 rings (SSSR count). The lowest BCUT2D eigenvalue weighted by molar-refractivity contribution is 0.668. The van der Waals surface area contributed by atoms with Gasteiger partial charge < -0.3 is 4.42 Å². The molecule has 0 saturated heterocycles. The lowest BCUT2D eigenvalue weighted by Gasteiger charge is -2.51. The van der Waals surface area contributed by atoms with Gasteiger partial charge in [-0.05, 0) is 93.3 Å². The molecule has 0 fully saturated rings. The van der Waals surface area contributed by atoms with Crippen molar-refractivity contribution in [3.8, 4) is 11.1 Å². The summed E-state index contributed by atoms with van der Waals surface area (Å²) >= 11 is 0. The Bertz CT molecular complexity index is 1670. The van der Waals surface area contributed by atoms with Crippen LogP contribution < -0.4 is 0 Å². The molecule has 0 saturated carbocycles. The van der Waals surface area contributed by atoms with E-state index in [1.165, 1.54) is 38.6 Å². The van der Waals surface area contributed by atoms with Gasteiger partial charge in [-0.1, -0.05) is 72.8 Å². The highest BCUT2D eigenvalue weighted by molar-refractivity contribution is 8.48. The molecule has 1 aliphatic heterocycles. The van der Waals surface area contributed by atoms with E-state index in [9.17, 15) is 0 Å². The van der Waals surface area contributed by atoms with Crippen LogP contribution in [0.4, 0.5) is 0 Å². The summed E-state index contributed by atoms with van der Waals surface area (Å²) in [7, 11) is -2.22. The molecule has 2 heteroatoms. The van der Waals surface area contributed by atoms with Gasteiger partial charge in [0.1, 0.15) is 11.2 Å². The van der Waals surface area contributed by atoms with Gasteiger partial charge in [0.2, 0.25) is 0 Å². The number of para-hydroxylation sites is 1. The first-order valence-electron chi connectivity index (χ1n) is 12.3. The molecular weight excluding hydrogens is 432 g/mol.